The minimum atomic E-state index is -4.00. The van der Waals surface area contributed by atoms with E-state index >= 15 is 0 Å². The van der Waals surface area contributed by atoms with Crippen LogP contribution in [0.3, 0.4) is 0 Å². The van der Waals surface area contributed by atoms with Gasteiger partial charge in [-0.25, -0.2) is 8.42 Å². The molecule has 2 aromatic carbocycles. The summed E-state index contributed by atoms with van der Waals surface area (Å²) in [5.41, 5.74) is 1.20. The fourth-order valence-electron chi connectivity index (χ4n) is 2.61. The Balaban J connectivity index is 1.85. The topological polar surface area (TPSA) is 97.4 Å². The molecule has 0 spiro atoms. The lowest BCUT2D eigenvalue weighted by Crippen LogP contribution is -2.25. The van der Waals surface area contributed by atoms with Crippen molar-refractivity contribution in [3.8, 4) is 5.75 Å². The number of methoxy groups -OCH3 is 1. The number of pyridine rings is 1. The van der Waals surface area contributed by atoms with Crippen LogP contribution >= 0.6 is 15.9 Å². The van der Waals surface area contributed by atoms with Gasteiger partial charge < -0.3 is 10.1 Å². The van der Waals surface area contributed by atoms with Gasteiger partial charge in [0, 0.05) is 23.4 Å². The highest BCUT2D eigenvalue weighted by Gasteiger charge is 2.22. The normalized spacial score (nSPS) is 11.0. The number of hydrogen-bond donors (Lipinski definition) is 2. The van der Waals surface area contributed by atoms with Crippen molar-refractivity contribution >= 4 is 37.5 Å². The zero-order valence-electron chi connectivity index (χ0n) is 15.4. The first-order chi connectivity index (χ1) is 13.9. The maximum Gasteiger partial charge on any atom is 0.265 e. The number of aromatic nitrogens is 1. The summed E-state index contributed by atoms with van der Waals surface area (Å²) in [7, 11) is -2.61. The van der Waals surface area contributed by atoms with Gasteiger partial charge in [0.2, 0.25) is 0 Å². The summed E-state index contributed by atoms with van der Waals surface area (Å²) >= 11 is 3.27. The van der Waals surface area contributed by atoms with Crippen molar-refractivity contribution in [2.24, 2.45) is 0 Å². The van der Waals surface area contributed by atoms with Crippen LogP contribution in [0.4, 0.5) is 5.69 Å². The van der Waals surface area contributed by atoms with Gasteiger partial charge in [0.05, 0.1) is 18.4 Å². The van der Waals surface area contributed by atoms with Crippen LogP contribution in [-0.2, 0) is 16.6 Å². The van der Waals surface area contributed by atoms with Crippen molar-refractivity contribution in [1.29, 1.82) is 0 Å². The molecule has 0 unspecified atom stereocenters. The molecular formula is C20H18BrN3O4S. The first-order valence-electron chi connectivity index (χ1n) is 8.53. The summed E-state index contributed by atoms with van der Waals surface area (Å²) in [5.74, 6) is -0.215. The predicted molar refractivity (Wildman–Crippen MR) is 113 cm³/mol. The van der Waals surface area contributed by atoms with E-state index < -0.39 is 15.9 Å². The van der Waals surface area contributed by atoms with E-state index in [4.69, 9.17) is 4.74 Å². The molecule has 0 radical (unpaired) electrons. The molecule has 0 fully saturated rings. The molecular weight excluding hydrogens is 458 g/mol. The van der Waals surface area contributed by atoms with Crippen LogP contribution in [0.5, 0.6) is 5.75 Å². The van der Waals surface area contributed by atoms with Crippen LogP contribution in [-0.4, -0.2) is 26.4 Å². The van der Waals surface area contributed by atoms with Crippen molar-refractivity contribution in [2.45, 2.75) is 11.4 Å². The summed E-state index contributed by atoms with van der Waals surface area (Å²) < 4.78 is 34.1. The lowest BCUT2D eigenvalue weighted by atomic mass is 10.1. The molecule has 29 heavy (non-hydrogen) atoms. The number of rotatable bonds is 7. The molecule has 1 aromatic heterocycles. The zero-order chi connectivity index (χ0) is 20.9. The molecule has 3 aromatic rings. The average molecular weight is 476 g/mol. The number of halogens is 1. The number of anilines is 1. The number of benzene rings is 2. The monoisotopic (exact) mass is 475 g/mol. The van der Waals surface area contributed by atoms with E-state index in [9.17, 15) is 13.2 Å². The Labute approximate surface area is 177 Å². The lowest BCUT2D eigenvalue weighted by Gasteiger charge is -2.15. The zero-order valence-corrected chi connectivity index (χ0v) is 17.8. The highest BCUT2D eigenvalue weighted by atomic mass is 79.9. The number of ether oxygens (including phenoxy) is 1. The first kappa shape index (κ1) is 20.8. The molecule has 0 bridgehead atoms. The molecule has 2 N–H and O–H groups in total. The first-order valence-corrected chi connectivity index (χ1v) is 10.8. The van der Waals surface area contributed by atoms with Gasteiger partial charge in [-0.05, 0) is 42.0 Å². The van der Waals surface area contributed by atoms with Gasteiger partial charge >= 0.3 is 0 Å². The molecule has 150 valence electrons. The lowest BCUT2D eigenvalue weighted by molar-refractivity contribution is 0.0952. The highest BCUT2D eigenvalue weighted by molar-refractivity contribution is 9.10. The van der Waals surface area contributed by atoms with Crippen LogP contribution < -0.4 is 14.8 Å². The van der Waals surface area contributed by atoms with E-state index in [2.05, 4.69) is 31.0 Å². The quantitative estimate of drug-likeness (QED) is 0.544. The fraction of sp³-hybridized carbons (Fsp3) is 0.100. The Bertz CT molecular complexity index is 1120. The van der Waals surface area contributed by atoms with E-state index in [1.54, 1.807) is 48.8 Å². The van der Waals surface area contributed by atoms with Crippen LogP contribution in [0.2, 0.25) is 0 Å². The standard InChI is InChI=1S/C20H18BrN3O4S/c1-28-18-9-8-15(21)11-19(18)29(26,27)24-17-7-3-2-6-16(17)20(25)23-13-14-5-4-10-22-12-14/h2-12,24H,13H2,1H3,(H,23,25). The summed E-state index contributed by atoms with van der Waals surface area (Å²) in [6, 6.07) is 14.7. The molecule has 0 aliphatic heterocycles. The van der Waals surface area contributed by atoms with Gasteiger partial charge in [0.15, 0.2) is 0 Å². The minimum absolute atomic E-state index is 0.0417. The largest absolute Gasteiger partial charge is 0.495 e. The van der Waals surface area contributed by atoms with Gasteiger partial charge in [-0.1, -0.05) is 34.1 Å². The average Bonchev–Trinajstić information content (AvgIpc) is 2.73. The van der Waals surface area contributed by atoms with Crippen LogP contribution in [0, 0.1) is 0 Å². The number of carbonyl (C=O) groups is 1. The number of para-hydroxylation sites is 1. The number of nitrogens with one attached hydrogen (secondary N) is 2. The predicted octanol–water partition coefficient (Wildman–Crippen LogP) is 3.58. The molecule has 1 heterocycles. The van der Waals surface area contributed by atoms with Gasteiger partial charge in [0.25, 0.3) is 15.9 Å². The second-order valence-corrected chi connectivity index (χ2v) is 8.56. The summed E-state index contributed by atoms with van der Waals surface area (Å²) in [5, 5.41) is 2.77. The number of nitrogens with zero attached hydrogens (tertiary/aromatic N) is 1. The maximum atomic E-state index is 12.9. The third-order valence-electron chi connectivity index (χ3n) is 4.01. The highest BCUT2D eigenvalue weighted by Crippen LogP contribution is 2.29. The molecule has 9 heteroatoms. The van der Waals surface area contributed by atoms with Crippen molar-refractivity contribution < 1.29 is 17.9 Å². The Hall–Kier alpha value is -2.91. The fourth-order valence-corrected chi connectivity index (χ4v) is 4.40. The molecule has 0 saturated heterocycles. The summed E-state index contributed by atoms with van der Waals surface area (Å²) in [6.07, 6.45) is 3.29. The minimum Gasteiger partial charge on any atom is -0.495 e. The number of amides is 1. The smallest absolute Gasteiger partial charge is 0.265 e. The van der Waals surface area contributed by atoms with E-state index in [1.807, 2.05) is 6.07 Å². The van der Waals surface area contributed by atoms with Crippen molar-refractivity contribution in [2.75, 3.05) is 11.8 Å². The number of sulfonamides is 1. The van der Waals surface area contributed by atoms with E-state index in [0.29, 0.717) is 4.47 Å². The Kier molecular flexibility index (Phi) is 6.50. The third-order valence-corrected chi connectivity index (χ3v) is 5.89. The second kappa shape index (κ2) is 9.06. The summed E-state index contributed by atoms with van der Waals surface area (Å²) in [4.78, 5) is 16.6. The van der Waals surface area contributed by atoms with Gasteiger partial charge in [-0.15, -0.1) is 0 Å². The maximum absolute atomic E-state index is 12.9. The van der Waals surface area contributed by atoms with E-state index in [-0.39, 0.29) is 28.4 Å². The molecule has 0 saturated carbocycles. The molecule has 3 rings (SSSR count). The van der Waals surface area contributed by atoms with Gasteiger partial charge in [0.1, 0.15) is 10.6 Å². The van der Waals surface area contributed by atoms with Gasteiger partial charge in [-0.2, -0.15) is 0 Å². The Morgan fingerprint density at radius 3 is 2.66 bits per heavy atom. The molecule has 0 aliphatic rings. The molecule has 0 atom stereocenters. The van der Waals surface area contributed by atoms with Crippen molar-refractivity contribution in [3.05, 3.63) is 82.6 Å². The second-order valence-electron chi connectivity index (χ2n) is 5.99. The molecule has 1 amide bonds. The SMILES string of the molecule is COc1ccc(Br)cc1S(=O)(=O)Nc1ccccc1C(=O)NCc1cccnc1. The summed E-state index contributed by atoms with van der Waals surface area (Å²) in [6.45, 7) is 0.271. The van der Waals surface area contributed by atoms with E-state index in [1.165, 1.54) is 19.2 Å². The van der Waals surface area contributed by atoms with Crippen LogP contribution in [0.15, 0.2) is 76.4 Å². The van der Waals surface area contributed by atoms with Crippen molar-refractivity contribution in [3.63, 3.8) is 0 Å². The van der Waals surface area contributed by atoms with Crippen molar-refractivity contribution in [1.82, 2.24) is 10.3 Å². The molecule has 0 aliphatic carbocycles. The molecule has 7 nitrogen and oxygen atoms in total. The van der Waals surface area contributed by atoms with Crippen LogP contribution in [0.1, 0.15) is 15.9 Å². The van der Waals surface area contributed by atoms with E-state index in [0.717, 1.165) is 5.56 Å². The van der Waals surface area contributed by atoms with Gasteiger partial charge in [-0.3, -0.25) is 14.5 Å². The Morgan fingerprint density at radius 1 is 1.14 bits per heavy atom. The third kappa shape index (κ3) is 5.12. The number of carbonyl (C=O) groups excluding carboxylic acids is 1. The Morgan fingerprint density at radius 2 is 1.93 bits per heavy atom. The number of hydrogen-bond acceptors (Lipinski definition) is 5. The van der Waals surface area contributed by atoms with Crippen LogP contribution in [0.25, 0.3) is 0 Å².